The number of methoxy groups -OCH3 is 1. The van der Waals surface area contributed by atoms with Crippen molar-refractivity contribution in [3.8, 4) is 0 Å². The molecule has 0 fully saturated rings. The number of carbonyl (C=O) groups excluding carboxylic acids is 3. The van der Waals surface area contributed by atoms with E-state index in [2.05, 4.69) is 4.74 Å². The third-order valence-electron chi connectivity index (χ3n) is 3.09. The van der Waals surface area contributed by atoms with Crippen molar-refractivity contribution in [1.29, 1.82) is 0 Å². The molecule has 0 radical (unpaired) electrons. The van der Waals surface area contributed by atoms with Gasteiger partial charge in [-0.2, -0.15) is 0 Å². The molecule has 6 nitrogen and oxygen atoms in total. The lowest BCUT2D eigenvalue weighted by molar-refractivity contribution is -0.169. The van der Waals surface area contributed by atoms with Crippen LogP contribution in [0.25, 0.3) is 0 Å². The van der Waals surface area contributed by atoms with Crippen molar-refractivity contribution >= 4 is 17.9 Å². The second-order valence-electron chi connectivity index (χ2n) is 7.85. The fraction of sp³-hybridized carbons (Fsp3) is 0.526. The van der Waals surface area contributed by atoms with Gasteiger partial charge in [0.1, 0.15) is 22.8 Å². The van der Waals surface area contributed by atoms with Crippen LogP contribution in [0.15, 0.2) is 12.1 Å². The van der Waals surface area contributed by atoms with Crippen LogP contribution in [0.2, 0.25) is 0 Å². The minimum absolute atomic E-state index is 0.568. The number of rotatable bonds is 4. The lowest BCUT2D eigenvalue weighted by Crippen LogP contribution is -2.36. The summed E-state index contributed by atoms with van der Waals surface area (Å²) in [5.41, 5.74) is -3.20. The van der Waals surface area contributed by atoms with E-state index >= 15 is 0 Å². The minimum Gasteiger partial charge on any atom is -0.465 e. The molecular formula is C19H24F2O6. The summed E-state index contributed by atoms with van der Waals surface area (Å²) >= 11 is 0. The van der Waals surface area contributed by atoms with Gasteiger partial charge in [-0.15, -0.1) is 0 Å². The molecule has 1 rings (SSSR count). The SMILES string of the molecule is COC(=O)c1cc(F)c(C(C(=O)OC(C)(C)C)C(=O)OC(C)(C)C)cc1F. The van der Waals surface area contributed by atoms with Crippen LogP contribution < -0.4 is 0 Å². The van der Waals surface area contributed by atoms with Crippen molar-refractivity contribution in [2.45, 2.75) is 58.7 Å². The first-order chi connectivity index (χ1) is 12.2. The van der Waals surface area contributed by atoms with Crippen LogP contribution in [0, 0.1) is 11.6 Å². The number of hydrogen-bond acceptors (Lipinski definition) is 6. The van der Waals surface area contributed by atoms with Gasteiger partial charge >= 0.3 is 17.9 Å². The molecule has 0 atom stereocenters. The van der Waals surface area contributed by atoms with E-state index < -0.39 is 57.8 Å². The Kier molecular flexibility index (Phi) is 6.69. The maximum atomic E-state index is 14.6. The van der Waals surface area contributed by atoms with Crippen LogP contribution in [-0.2, 0) is 23.8 Å². The van der Waals surface area contributed by atoms with Gasteiger partial charge in [0.15, 0.2) is 5.92 Å². The van der Waals surface area contributed by atoms with Gasteiger partial charge in [-0.25, -0.2) is 13.6 Å². The number of ether oxygens (including phenoxy) is 3. The van der Waals surface area contributed by atoms with Crippen LogP contribution in [0.4, 0.5) is 8.78 Å². The molecule has 0 amide bonds. The molecule has 0 spiro atoms. The van der Waals surface area contributed by atoms with E-state index in [0.717, 1.165) is 7.11 Å². The molecule has 0 aliphatic rings. The van der Waals surface area contributed by atoms with Gasteiger partial charge in [-0.05, 0) is 53.7 Å². The van der Waals surface area contributed by atoms with Gasteiger partial charge in [0.05, 0.1) is 12.7 Å². The summed E-state index contributed by atoms with van der Waals surface area (Å²) in [7, 11) is 1.01. The maximum Gasteiger partial charge on any atom is 0.340 e. The highest BCUT2D eigenvalue weighted by molar-refractivity contribution is 6.01. The van der Waals surface area contributed by atoms with E-state index in [9.17, 15) is 23.2 Å². The van der Waals surface area contributed by atoms with Crippen LogP contribution in [0.3, 0.4) is 0 Å². The third-order valence-corrected chi connectivity index (χ3v) is 3.09. The van der Waals surface area contributed by atoms with Crippen molar-refractivity contribution in [1.82, 2.24) is 0 Å². The van der Waals surface area contributed by atoms with Crippen LogP contribution in [0.1, 0.15) is 63.4 Å². The number of benzene rings is 1. The summed E-state index contributed by atoms with van der Waals surface area (Å²) in [5, 5.41) is 0. The molecule has 0 aromatic heterocycles. The van der Waals surface area contributed by atoms with Crippen LogP contribution in [0.5, 0.6) is 0 Å². The van der Waals surface area contributed by atoms with Gasteiger partial charge in [0.2, 0.25) is 0 Å². The molecule has 8 heteroatoms. The van der Waals surface area contributed by atoms with E-state index in [1.54, 1.807) is 41.5 Å². The van der Waals surface area contributed by atoms with Gasteiger partial charge < -0.3 is 14.2 Å². The van der Waals surface area contributed by atoms with Crippen LogP contribution in [-0.4, -0.2) is 36.2 Å². The second-order valence-corrected chi connectivity index (χ2v) is 7.85. The van der Waals surface area contributed by atoms with Gasteiger partial charge in [-0.3, -0.25) is 9.59 Å². The van der Waals surface area contributed by atoms with Gasteiger partial charge in [0, 0.05) is 5.56 Å². The quantitative estimate of drug-likeness (QED) is 0.448. The lowest BCUT2D eigenvalue weighted by Gasteiger charge is -2.26. The predicted molar refractivity (Wildman–Crippen MR) is 92.1 cm³/mol. The largest absolute Gasteiger partial charge is 0.465 e. The molecule has 0 unspecified atom stereocenters. The first-order valence-corrected chi connectivity index (χ1v) is 8.19. The molecule has 0 saturated heterocycles. The molecule has 0 bridgehead atoms. The summed E-state index contributed by atoms with van der Waals surface area (Å²) < 4.78 is 43.5. The fourth-order valence-corrected chi connectivity index (χ4v) is 2.12. The molecule has 0 aliphatic heterocycles. The maximum absolute atomic E-state index is 14.6. The molecule has 150 valence electrons. The Morgan fingerprint density at radius 1 is 0.852 bits per heavy atom. The fourth-order valence-electron chi connectivity index (χ4n) is 2.12. The zero-order valence-electron chi connectivity index (χ0n) is 16.4. The van der Waals surface area contributed by atoms with Crippen molar-refractivity contribution in [3.63, 3.8) is 0 Å². The Morgan fingerprint density at radius 3 is 1.67 bits per heavy atom. The highest BCUT2D eigenvalue weighted by atomic mass is 19.1. The Morgan fingerprint density at radius 2 is 1.30 bits per heavy atom. The Bertz CT molecular complexity index is 716. The highest BCUT2D eigenvalue weighted by Gasteiger charge is 2.38. The van der Waals surface area contributed by atoms with E-state index in [-0.39, 0.29) is 0 Å². The molecule has 27 heavy (non-hydrogen) atoms. The van der Waals surface area contributed by atoms with Crippen LogP contribution >= 0.6 is 0 Å². The second kappa shape index (κ2) is 8.02. The summed E-state index contributed by atoms with van der Waals surface area (Å²) in [6.45, 7) is 9.38. The van der Waals surface area contributed by atoms with Crippen molar-refractivity contribution < 1.29 is 37.4 Å². The first kappa shape index (κ1) is 22.5. The Hall–Kier alpha value is -2.51. The van der Waals surface area contributed by atoms with E-state index in [1.807, 2.05) is 0 Å². The number of esters is 3. The number of halogens is 2. The molecule has 0 saturated carbocycles. The summed E-state index contributed by atoms with van der Waals surface area (Å²) in [6.07, 6.45) is 0. The molecule has 1 aromatic carbocycles. The third kappa shape index (κ3) is 6.30. The number of hydrogen-bond donors (Lipinski definition) is 0. The topological polar surface area (TPSA) is 78.9 Å². The van der Waals surface area contributed by atoms with E-state index in [1.165, 1.54) is 0 Å². The summed E-state index contributed by atoms with van der Waals surface area (Å²) in [6, 6.07) is 1.17. The van der Waals surface area contributed by atoms with Crippen molar-refractivity contribution in [2.24, 2.45) is 0 Å². The lowest BCUT2D eigenvalue weighted by atomic mass is 9.96. The molecular weight excluding hydrogens is 362 g/mol. The molecule has 0 aliphatic carbocycles. The monoisotopic (exact) mass is 386 g/mol. The minimum atomic E-state index is -1.86. The Balaban J connectivity index is 3.46. The van der Waals surface area contributed by atoms with Crippen molar-refractivity contribution in [2.75, 3.05) is 7.11 Å². The summed E-state index contributed by atoms with van der Waals surface area (Å²) in [4.78, 5) is 36.5. The molecule has 1 aromatic rings. The first-order valence-electron chi connectivity index (χ1n) is 8.19. The average molecular weight is 386 g/mol. The summed E-state index contributed by atoms with van der Waals surface area (Å²) in [5.74, 6) is -7.43. The standard InChI is InChI=1S/C19H24F2O6/c1-18(2,3)26-16(23)14(17(24)27-19(4,5)6)10-8-13(21)11(9-12(10)20)15(22)25-7/h8-9,14H,1-7H3. The van der Waals surface area contributed by atoms with Gasteiger partial charge in [0.25, 0.3) is 0 Å². The van der Waals surface area contributed by atoms with Gasteiger partial charge in [-0.1, -0.05) is 0 Å². The smallest absolute Gasteiger partial charge is 0.340 e. The predicted octanol–water partition coefficient (Wildman–Crippen LogP) is 3.52. The zero-order chi connectivity index (χ0) is 21.2. The number of carbonyl (C=O) groups is 3. The highest BCUT2D eigenvalue weighted by Crippen LogP contribution is 2.29. The average Bonchev–Trinajstić information content (AvgIpc) is 2.46. The molecule has 0 N–H and O–H groups in total. The van der Waals surface area contributed by atoms with Crippen molar-refractivity contribution in [3.05, 3.63) is 34.9 Å². The molecule has 0 heterocycles. The normalized spacial score (nSPS) is 11.9. The van der Waals surface area contributed by atoms with E-state index in [0.29, 0.717) is 12.1 Å². The zero-order valence-corrected chi connectivity index (χ0v) is 16.4. The Labute approximate surface area is 156 Å². The van der Waals surface area contributed by atoms with E-state index in [4.69, 9.17) is 9.47 Å².